The fraction of sp³-hybridized carbons (Fsp3) is 0.444. The molecule has 21 heavy (non-hydrogen) atoms. The summed E-state index contributed by atoms with van der Waals surface area (Å²) in [5.74, 6) is 0.933. The minimum absolute atomic E-state index is 0.141. The van der Waals surface area contributed by atoms with Crippen molar-refractivity contribution >= 4 is 10.8 Å². The molecule has 0 saturated heterocycles. The van der Waals surface area contributed by atoms with Crippen molar-refractivity contribution in [3.05, 3.63) is 42.0 Å². The Morgan fingerprint density at radius 3 is 2.33 bits per heavy atom. The maximum atomic E-state index is 5.45. The molecule has 0 heterocycles. The highest BCUT2D eigenvalue weighted by molar-refractivity contribution is 5.91. The van der Waals surface area contributed by atoms with Crippen molar-refractivity contribution in [3.8, 4) is 5.75 Å². The van der Waals surface area contributed by atoms with E-state index in [1.165, 1.54) is 16.3 Å². The lowest BCUT2D eigenvalue weighted by atomic mass is 10.0. The Labute approximate surface area is 127 Å². The second-order valence-electron chi connectivity index (χ2n) is 6.28. The van der Waals surface area contributed by atoms with Gasteiger partial charge in [0.15, 0.2) is 0 Å². The van der Waals surface area contributed by atoms with E-state index in [9.17, 15) is 0 Å². The van der Waals surface area contributed by atoms with Gasteiger partial charge in [-0.25, -0.2) is 0 Å². The lowest BCUT2D eigenvalue weighted by Crippen LogP contribution is -2.46. The SMILES string of the molecule is COc1ccc(CNCC(C)(C)N(C)C)c2ccccc12. The molecule has 2 aromatic rings. The third-order valence-corrected chi connectivity index (χ3v) is 4.28. The number of fused-ring (bicyclic) bond motifs is 1. The first-order valence-corrected chi connectivity index (χ1v) is 7.38. The first-order chi connectivity index (χ1) is 9.95. The first-order valence-electron chi connectivity index (χ1n) is 7.38. The average molecular weight is 286 g/mol. The number of nitrogens with zero attached hydrogens (tertiary/aromatic N) is 1. The van der Waals surface area contributed by atoms with E-state index in [4.69, 9.17) is 4.74 Å². The predicted molar refractivity (Wildman–Crippen MR) is 90.0 cm³/mol. The molecule has 114 valence electrons. The topological polar surface area (TPSA) is 24.5 Å². The fourth-order valence-electron chi connectivity index (χ4n) is 2.33. The van der Waals surface area contributed by atoms with E-state index in [-0.39, 0.29) is 5.54 Å². The second kappa shape index (κ2) is 6.46. The van der Waals surface area contributed by atoms with E-state index in [2.05, 4.69) is 74.6 Å². The van der Waals surface area contributed by atoms with E-state index >= 15 is 0 Å². The number of hydrogen-bond acceptors (Lipinski definition) is 3. The minimum atomic E-state index is 0.141. The van der Waals surface area contributed by atoms with Crippen molar-refractivity contribution < 1.29 is 4.74 Å². The normalized spacial score (nSPS) is 12.1. The van der Waals surface area contributed by atoms with Crippen molar-refractivity contribution in [2.75, 3.05) is 27.7 Å². The highest BCUT2D eigenvalue weighted by Crippen LogP contribution is 2.28. The van der Waals surface area contributed by atoms with Crippen LogP contribution < -0.4 is 10.1 Å². The molecule has 3 nitrogen and oxygen atoms in total. The standard InChI is InChI=1S/C18H26N2O/c1-18(2,20(3)4)13-19-12-14-10-11-17(21-5)16-9-7-6-8-15(14)16/h6-11,19H,12-13H2,1-5H3. The van der Waals surface area contributed by atoms with Crippen LogP contribution in [-0.4, -0.2) is 38.2 Å². The lowest BCUT2D eigenvalue weighted by Gasteiger charge is -2.32. The Balaban J connectivity index is 2.17. The van der Waals surface area contributed by atoms with Crippen LogP contribution in [0.1, 0.15) is 19.4 Å². The molecule has 0 atom stereocenters. The number of methoxy groups -OCH3 is 1. The van der Waals surface area contributed by atoms with E-state index < -0.39 is 0 Å². The Bertz CT molecular complexity index is 605. The van der Waals surface area contributed by atoms with Crippen LogP contribution in [0, 0.1) is 0 Å². The molecule has 0 saturated carbocycles. The summed E-state index contributed by atoms with van der Waals surface area (Å²) in [5.41, 5.74) is 1.45. The molecule has 0 aliphatic carbocycles. The zero-order valence-electron chi connectivity index (χ0n) is 13.7. The van der Waals surface area contributed by atoms with Gasteiger partial charge in [0.25, 0.3) is 0 Å². The molecule has 0 aliphatic heterocycles. The van der Waals surface area contributed by atoms with Crippen LogP contribution in [0.2, 0.25) is 0 Å². The van der Waals surface area contributed by atoms with Gasteiger partial charge in [-0.3, -0.25) is 0 Å². The summed E-state index contributed by atoms with van der Waals surface area (Å²) in [4.78, 5) is 2.24. The Kier molecular flexibility index (Phi) is 4.86. The van der Waals surface area contributed by atoms with E-state index in [0.29, 0.717) is 0 Å². The van der Waals surface area contributed by atoms with Crippen molar-refractivity contribution in [1.82, 2.24) is 10.2 Å². The van der Waals surface area contributed by atoms with Crippen LogP contribution in [0.15, 0.2) is 36.4 Å². The van der Waals surface area contributed by atoms with Crippen molar-refractivity contribution in [2.45, 2.75) is 25.9 Å². The van der Waals surface area contributed by atoms with Crippen LogP contribution in [-0.2, 0) is 6.54 Å². The van der Waals surface area contributed by atoms with Crippen LogP contribution in [0.5, 0.6) is 5.75 Å². The molecule has 2 rings (SSSR count). The number of ether oxygens (including phenoxy) is 1. The Morgan fingerprint density at radius 1 is 1.05 bits per heavy atom. The van der Waals surface area contributed by atoms with E-state index in [1.54, 1.807) is 7.11 Å². The highest BCUT2D eigenvalue weighted by atomic mass is 16.5. The summed E-state index contributed by atoms with van der Waals surface area (Å²) in [6.07, 6.45) is 0. The van der Waals surface area contributed by atoms with Gasteiger partial charge in [0, 0.05) is 24.0 Å². The van der Waals surface area contributed by atoms with Crippen LogP contribution >= 0.6 is 0 Å². The van der Waals surface area contributed by atoms with E-state index in [0.717, 1.165) is 18.8 Å². The van der Waals surface area contributed by atoms with Crippen molar-refractivity contribution in [2.24, 2.45) is 0 Å². The number of hydrogen-bond donors (Lipinski definition) is 1. The van der Waals surface area contributed by atoms with Crippen LogP contribution in [0.4, 0.5) is 0 Å². The molecule has 0 unspecified atom stereocenters. The number of benzene rings is 2. The molecule has 0 radical (unpaired) electrons. The zero-order valence-corrected chi connectivity index (χ0v) is 13.7. The third-order valence-electron chi connectivity index (χ3n) is 4.28. The number of nitrogens with one attached hydrogen (secondary N) is 1. The molecule has 2 aromatic carbocycles. The van der Waals surface area contributed by atoms with Gasteiger partial charge >= 0.3 is 0 Å². The van der Waals surface area contributed by atoms with Gasteiger partial charge in [-0.15, -0.1) is 0 Å². The molecule has 0 aliphatic rings. The van der Waals surface area contributed by atoms with Crippen molar-refractivity contribution in [3.63, 3.8) is 0 Å². The van der Waals surface area contributed by atoms with Gasteiger partial charge in [0.2, 0.25) is 0 Å². The molecule has 0 amide bonds. The monoisotopic (exact) mass is 286 g/mol. The van der Waals surface area contributed by atoms with Gasteiger partial charge in [0.05, 0.1) is 7.11 Å². The quantitative estimate of drug-likeness (QED) is 0.882. The molecule has 0 aromatic heterocycles. The average Bonchev–Trinajstić information content (AvgIpc) is 2.47. The first kappa shape index (κ1) is 15.8. The maximum Gasteiger partial charge on any atom is 0.126 e. The van der Waals surface area contributed by atoms with Crippen LogP contribution in [0.3, 0.4) is 0 Å². The molecular weight excluding hydrogens is 260 g/mol. The molecule has 3 heteroatoms. The smallest absolute Gasteiger partial charge is 0.126 e. The highest BCUT2D eigenvalue weighted by Gasteiger charge is 2.19. The molecule has 0 bridgehead atoms. The summed E-state index contributed by atoms with van der Waals surface area (Å²) < 4.78 is 5.45. The minimum Gasteiger partial charge on any atom is -0.496 e. The number of likely N-dealkylation sites (N-methyl/N-ethyl adjacent to an activating group) is 1. The zero-order chi connectivity index (χ0) is 15.5. The molecule has 0 fully saturated rings. The lowest BCUT2D eigenvalue weighted by molar-refractivity contribution is 0.190. The summed E-state index contributed by atoms with van der Waals surface area (Å²) in [7, 11) is 5.95. The Morgan fingerprint density at radius 2 is 1.71 bits per heavy atom. The van der Waals surface area contributed by atoms with Crippen molar-refractivity contribution in [1.29, 1.82) is 0 Å². The largest absolute Gasteiger partial charge is 0.496 e. The maximum absolute atomic E-state index is 5.45. The summed E-state index contributed by atoms with van der Waals surface area (Å²) in [6, 6.07) is 12.6. The summed E-state index contributed by atoms with van der Waals surface area (Å²) in [5, 5.41) is 6.00. The molecular formula is C18H26N2O. The van der Waals surface area contributed by atoms with Crippen LogP contribution in [0.25, 0.3) is 10.8 Å². The Hall–Kier alpha value is -1.58. The van der Waals surface area contributed by atoms with Gasteiger partial charge in [-0.05, 0) is 45.0 Å². The summed E-state index contributed by atoms with van der Waals surface area (Å²) in [6.45, 7) is 6.29. The molecule has 1 N–H and O–H groups in total. The number of rotatable bonds is 6. The predicted octanol–water partition coefficient (Wildman–Crippen LogP) is 3.28. The molecule has 0 spiro atoms. The summed E-state index contributed by atoms with van der Waals surface area (Å²) >= 11 is 0. The van der Waals surface area contributed by atoms with Gasteiger partial charge < -0.3 is 15.0 Å². The fourth-order valence-corrected chi connectivity index (χ4v) is 2.33. The van der Waals surface area contributed by atoms with E-state index in [1.807, 2.05) is 0 Å². The third kappa shape index (κ3) is 3.55. The van der Waals surface area contributed by atoms with Gasteiger partial charge in [-0.1, -0.05) is 30.3 Å². The van der Waals surface area contributed by atoms with Gasteiger partial charge in [0.1, 0.15) is 5.75 Å². The van der Waals surface area contributed by atoms with Gasteiger partial charge in [-0.2, -0.15) is 0 Å². The second-order valence-corrected chi connectivity index (χ2v) is 6.28.